The van der Waals surface area contributed by atoms with Crippen molar-refractivity contribution < 1.29 is 18.3 Å². The molecule has 0 fully saturated rings. The molecule has 0 aromatic heterocycles. The van der Waals surface area contributed by atoms with Gasteiger partial charge in [-0.15, -0.1) is 0 Å². The van der Waals surface area contributed by atoms with E-state index in [0.717, 1.165) is 0 Å². The third kappa shape index (κ3) is 5.59. The molecule has 0 saturated carbocycles. The first kappa shape index (κ1) is 12.4. The number of hydrogen-bond acceptors (Lipinski definition) is 0. The van der Waals surface area contributed by atoms with Crippen LogP contribution in [-0.4, -0.2) is 0 Å². The van der Waals surface area contributed by atoms with Gasteiger partial charge in [0.2, 0.25) is 0 Å². The Kier molecular flexibility index (Phi) is 8.99. The van der Waals surface area contributed by atoms with Crippen molar-refractivity contribution in [3.05, 3.63) is 35.9 Å². The number of benzene rings is 1. The van der Waals surface area contributed by atoms with E-state index in [-0.39, 0.29) is 3.74 Å². The number of alkyl halides is 2. The monoisotopic (exact) mass is 375 g/mol. The Morgan fingerprint density at radius 1 is 1.00 bits per heavy atom. The number of halogens is 3. The third-order valence-corrected chi connectivity index (χ3v) is 2.11. The zero-order chi connectivity index (χ0) is 8.69. The van der Waals surface area contributed by atoms with Crippen LogP contribution in [0.2, 0.25) is 0 Å². The van der Waals surface area contributed by atoms with Crippen molar-refractivity contribution in [3.8, 4) is 0 Å². The maximum atomic E-state index is 3.40. The van der Waals surface area contributed by atoms with Gasteiger partial charge in [0, 0.05) is 0 Å². The van der Waals surface area contributed by atoms with Crippen LogP contribution in [0.5, 0.6) is 0 Å². The normalized spacial score (nSPS) is 8.64. The van der Waals surface area contributed by atoms with Crippen LogP contribution in [-0.2, 0) is 18.3 Å². The quantitative estimate of drug-likeness (QED) is 0.505. The predicted octanol–water partition coefficient (Wildman–Crippen LogP) is 4.32. The molecule has 4 heteroatoms. The summed E-state index contributed by atoms with van der Waals surface area (Å²) in [5, 5.41) is 0. The Morgan fingerprint density at radius 3 is 1.73 bits per heavy atom. The fourth-order valence-electron chi connectivity index (χ4n) is 0.599. The Hall–Kier alpha value is 1.37. The van der Waals surface area contributed by atoms with E-state index in [1.165, 1.54) is 5.56 Å². The van der Waals surface area contributed by atoms with E-state index >= 15 is 0 Å². The van der Waals surface area contributed by atoms with Crippen LogP contribution in [0.15, 0.2) is 30.3 Å². The van der Waals surface area contributed by atoms with Crippen molar-refractivity contribution in [3.63, 3.8) is 0 Å². The standard InChI is InChI=1S/C7H6Br2.BrH.Ti/c8-7(9)6-4-2-1-3-5-6;;/h1-5,7H;1H;/q;;+1/p-1. The Bertz CT molecular complexity index is 176. The van der Waals surface area contributed by atoms with Crippen molar-refractivity contribution in [2.75, 3.05) is 0 Å². The summed E-state index contributed by atoms with van der Waals surface area (Å²) in [5.74, 6) is 0. The van der Waals surface area contributed by atoms with E-state index in [2.05, 4.69) is 57.2 Å². The molecule has 0 aliphatic heterocycles. The molecular formula is C7H6Br3Ti. The van der Waals surface area contributed by atoms with E-state index in [1.807, 2.05) is 36.5 Å². The van der Waals surface area contributed by atoms with Crippen molar-refractivity contribution in [1.82, 2.24) is 0 Å². The van der Waals surface area contributed by atoms with Gasteiger partial charge in [0.15, 0.2) is 0 Å². The Labute approximate surface area is 102 Å². The molecule has 0 amide bonds. The average molecular weight is 378 g/mol. The van der Waals surface area contributed by atoms with Crippen LogP contribution >= 0.6 is 45.0 Å². The van der Waals surface area contributed by atoms with Crippen LogP contribution < -0.4 is 0 Å². The molecule has 0 bridgehead atoms. The van der Waals surface area contributed by atoms with Gasteiger partial charge in [0.25, 0.3) is 0 Å². The van der Waals surface area contributed by atoms with Gasteiger partial charge in [0.05, 0.1) is 3.74 Å². The van der Waals surface area contributed by atoms with E-state index in [9.17, 15) is 0 Å². The van der Waals surface area contributed by atoms with Gasteiger partial charge in [-0.2, -0.15) is 0 Å². The van der Waals surface area contributed by atoms with Crippen molar-refractivity contribution in [1.29, 1.82) is 0 Å². The molecule has 0 atom stereocenters. The summed E-state index contributed by atoms with van der Waals surface area (Å²) in [6.45, 7) is 0. The van der Waals surface area contributed by atoms with Gasteiger partial charge in [0.1, 0.15) is 0 Å². The van der Waals surface area contributed by atoms with E-state index in [1.54, 1.807) is 0 Å². The van der Waals surface area contributed by atoms with Gasteiger partial charge >= 0.3 is 31.5 Å². The molecule has 1 aromatic carbocycles. The summed E-state index contributed by atoms with van der Waals surface area (Å²) in [4.78, 5) is 0. The van der Waals surface area contributed by atoms with Crippen molar-refractivity contribution in [2.24, 2.45) is 0 Å². The molecule has 0 N–H and O–H groups in total. The number of hydrogen-bond donors (Lipinski definition) is 0. The van der Waals surface area contributed by atoms with Crippen molar-refractivity contribution >= 4 is 45.0 Å². The fraction of sp³-hybridized carbons (Fsp3) is 0.143. The molecule has 0 aliphatic rings. The van der Waals surface area contributed by atoms with Gasteiger partial charge in [-0.1, -0.05) is 62.2 Å². The molecule has 0 nitrogen and oxygen atoms in total. The van der Waals surface area contributed by atoms with Gasteiger partial charge in [-0.05, 0) is 5.56 Å². The van der Waals surface area contributed by atoms with Crippen LogP contribution in [0.1, 0.15) is 9.30 Å². The second-order valence-corrected chi connectivity index (χ2v) is 4.77. The maximum absolute atomic E-state index is 3.40. The zero-order valence-electron chi connectivity index (χ0n) is 5.60. The SMILES string of the molecule is BrC(Br)c1ccccc1.[Ti][Br]. The molecule has 1 rings (SSSR count). The first-order valence-electron chi connectivity index (χ1n) is 2.82. The molecule has 0 radical (unpaired) electrons. The van der Waals surface area contributed by atoms with E-state index < -0.39 is 0 Å². The van der Waals surface area contributed by atoms with Crippen LogP contribution in [0.25, 0.3) is 0 Å². The summed E-state index contributed by atoms with van der Waals surface area (Å²) in [6.07, 6.45) is 0. The average Bonchev–Trinajstić information content (AvgIpc) is 2.10. The van der Waals surface area contributed by atoms with Gasteiger partial charge in [-0.25, -0.2) is 0 Å². The van der Waals surface area contributed by atoms with Crippen LogP contribution in [0, 0.1) is 0 Å². The second-order valence-electron chi connectivity index (χ2n) is 1.71. The number of rotatable bonds is 1. The summed E-state index contributed by atoms with van der Waals surface area (Å²) in [6, 6.07) is 10.2. The van der Waals surface area contributed by atoms with Gasteiger partial charge < -0.3 is 0 Å². The molecule has 0 heterocycles. The molecule has 0 saturated heterocycles. The minimum atomic E-state index is 0.284. The second kappa shape index (κ2) is 7.99. The molecule has 0 unspecified atom stereocenters. The first-order chi connectivity index (χ1) is 5.30. The third-order valence-electron chi connectivity index (χ3n) is 1.05. The minimum absolute atomic E-state index is 0.284. The Balaban J connectivity index is 0.000000461. The van der Waals surface area contributed by atoms with Gasteiger partial charge in [-0.3, -0.25) is 0 Å². The first-order valence-corrected chi connectivity index (χ1v) is 8.52. The summed E-state index contributed by atoms with van der Waals surface area (Å²) >= 11 is 11.5. The Morgan fingerprint density at radius 2 is 1.45 bits per heavy atom. The van der Waals surface area contributed by atoms with Crippen molar-refractivity contribution in [2.45, 2.75) is 3.74 Å². The molecular weight excluding hydrogens is 372 g/mol. The molecule has 0 aliphatic carbocycles. The van der Waals surface area contributed by atoms with Crippen LogP contribution in [0.4, 0.5) is 0 Å². The topological polar surface area (TPSA) is 0 Å². The van der Waals surface area contributed by atoms with Crippen LogP contribution in [0.3, 0.4) is 0 Å². The zero-order valence-corrected chi connectivity index (χ0v) is 11.9. The van der Waals surface area contributed by atoms with E-state index in [4.69, 9.17) is 0 Å². The molecule has 11 heavy (non-hydrogen) atoms. The molecule has 0 spiro atoms. The molecule has 1 aromatic rings. The van der Waals surface area contributed by atoms with E-state index in [0.29, 0.717) is 0 Å². The molecule has 59 valence electrons. The summed E-state index contributed by atoms with van der Waals surface area (Å²) < 4.78 is 0.284. The fourth-order valence-corrected chi connectivity index (χ4v) is 1.21. The summed E-state index contributed by atoms with van der Waals surface area (Å²) in [7, 11) is 0. The summed E-state index contributed by atoms with van der Waals surface area (Å²) in [5.41, 5.74) is 1.25. The predicted molar refractivity (Wildman–Crippen MR) is 56.0 cm³/mol.